The van der Waals surface area contributed by atoms with E-state index in [4.69, 9.17) is 27.9 Å². The molecule has 11 heteroatoms. The van der Waals surface area contributed by atoms with Gasteiger partial charge in [0.2, 0.25) is 5.95 Å². The number of hydrogen-bond donors (Lipinski definition) is 1. The van der Waals surface area contributed by atoms with E-state index in [0.29, 0.717) is 33.0 Å². The SMILES string of the molecule is CC(COc1ccc(Cl)cc1Cl)=NNc1nc2c(c(=O)n(C)c(=O)n2C)n1C. The predicted molar refractivity (Wildman–Crippen MR) is 110 cm³/mol. The lowest BCUT2D eigenvalue weighted by Crippen LogP contribution is -2.37. The number of aryl methyl sites for hydroxylation is 2. The number of halogens is 2. The van der Waals surface area contributed by atoms with Crippen molar-refractivity contribution in [3.8, 4) is 5.75 Å². The third-order valence-electron chi connectivity index (χ3n) is 4.15. The first-order valence-electron chi connectivity index (χ1n) is 8.20. The normalized spacial score (nSPS) is 11.9. The highest BCUT2D eigenvalue weighted by atomic mass is 35.5. The van der Waals surface area contributed by atoms with Crippen LogP contribution in [0.5, 0.6) is 5.75 Å². The van der Waals surface area contributed by atoms with Crippen molar-refractivity contribution >= 4 is 46.0 Å². The van der Waals surface area contributed by atoms with Crippen molar-refractivity contribution in [3.63, 3.8) is 0 Å². The van der Waals surface area contributed by atoms with Crippen LogP contribution in [0.2, 0.25) is 10.0 Å². The summed E-state index contributed by atoms with van der Waals surface area (Å²) in [5.41, 5.74) is 3.10. The van der Waals surface area contributed by atoms with E-state index in [1.54, 1.807) is 43.8 Å². The highest BCUT2D eigenvalue weighted by Gasteiger charge is 2.16. The molecule has 2 heterocycles. The van der Waals surface area contributed by atoms with Gasteiger partial charge in [0.15, 0.2) is 11.2 Å². The topological polar surface area (TPSA) is 95.4 Å². The Labute approximate surface area is 169 Å². The number of nitrogens with one attached hydrogen (secondary N) is 1. The Hall–Kier alpha value is -2.78. The van der Waals surface area contributed by atoms with E-state index < -0.39 is 11.2 Å². The van der Waals surface area contributed by atoms with Crippen LogP contribution in [0.1, 0.15) is 6.92 Å². The second kappa shape index (κ2) is 7.69. The molecule has 0 unspecified atom stereocenters. The third kappa shape index (κ3) is 3.63. The predicted octanol–water partition coefficient (Wildman–Crippen LogP) is 2.14. The minimum atomic E-state index is -0.449. The van der Waals surface area contributed by atoms with Gasteiger partial charge in [0, 0.05) is 26.2 Å². The summed E-state index contributed by atoms with van der Waals surface area (Å²) in [6.07, 6.45) is 0. The average Bonchev–Trinajstić information content (AvgIpc) is 2.99. The lowest BCUT2D eigenvalue weighted by molar-refractivity contribution is 0.376. The van der Waals surface area contributed by atoms with Crippen molar-refractivity contribution in [2.24, 2.45) is 26.2 Å². The van der Waals surface area contributed by atoms with Gasteiger partial charge in [0.25, 0.3) is 5.56 Å². The Bertz CT molecular complexity index is 1210. The van der Waals surface area contributed by atoms with Gasteiger partial charge in [0.05, 0.1) is 10.7 Å². The summed E-state index contributed by atoms with van der Waals surface area (Å²) >= 11 is 11.9. The van der Waals surface area contributed by atoms with Gasteiger partial charge in [-0.15, -0.1) is 0 Å². The highest BCUT2D eigenvalue weighted by molar-refractivity contribution is 6.35. The summed E-state index contributed by atoms with van der Waals surface area (Å²) in [7, 11) is 4.64. The number of rotatable bonds is 5. The number of ether oxygens (including phenoxy) is 1. The van der Waals surface area contributed by atoms with Crippen molar-refractivity contribution in [3.05, 3.63) is 49.1 Å². The molecule has 0 bridgehead atoms. The van der Waals surface area contributed by atoms with Gasteiger partial charge in [0.1, 0.15) is 12.4 Å². The Balaban J connectivity index is 1.82. The van der Waals surface area contributed by atoms with Gasteiger partial charge >= 0.3 is 5.69 Å². The van der Waals surface area contributed by atoms with Crippen LogP contribution in [0.15, 0.2) is 32.9 Å². The molecule has 0 fully saturated rings. The molecule has 3 rings (SSSR count). The maximum Gasteiger partial charge on any atom is 0.332 e. The summed E-state index contributed by atoms with van der Waals surface area (Å²) in [6, 6.07) is 4.94. The molecule has 1 N–H and O–H groups in total. The Morgan fingerprint density at radius 1 is 1.18 bits per heavy atom. The summed E-state index contributed by atoms with van der Waals surface area (Å²) in [6.45, 7) is 1.94. The molecule has 0 saturated heterocycles. The number of hydrogen-bond acceptors (Lipinski definition) is 6. The maximum absolute atomic E-state index is 12.4. The Morgan fingerprint density at radius 2 is 1.89 bits per heavy atom. The van der Waals surface area contributed by atoms with Crippen molar-refractivity contribution in [1.82, 2.24) is 18.7 Å². The van der Waals surface area contributed by atoms with E-state index in [-0.39, 0.29) is 12.3 Å². The number of fused-ring (bicyclic) bond motifs is 1. The van der Waals surface area contributed by atoms with E-state index in [1.807, 2.05) is 0 Å². The number of imidazole rings is 1. The second-order valence-electron chi connectivity index (χ2n) is 6.19. The van der Waals surface area contributed by atoms with E-state index in [9.17, 15) is 9.59 Å². The molecule has 1 aromatic carbocycles. The Morgan fingerprint density at radius 3 is 2.57 bits per heavy atom. The van der Waals surface area contributed by atoms with E-state index in [0.717, 1.165) is 4.57 Å². The van der Waals surface area contributed by atoms with E-state index >= 15 is 0 Å². The van der Waals surface area contributed by atoms with Gasteiger partial charge in [-0.25, -0.2) is 10.2 Å². The van der Waals surface area contributed by atoms with Crippen LogP contribution in [-0.2, 0) is 21.1 Å². The summed E-state index contributed by atoms with van der Waals surface area (Å²) in [5.74, 6) is 0.805. The van der Waals surface area contributed by atoms with Gasteiger partial charge in [-0.1, -0.05) is 23.2 Å². The van der Waals surface area contributed by atoms with Crippen LogP contribution >= 0.6 is 23.2 Å². The zero-order valence-corrected chi connectivity index (χ0v) is 17.2. The molecular formula is C17H18Cl2N6O3. The molecule has 0 aliphatic heterocycles. The lowest BCUT2D eigenvalue weighted by Gasteiger charge is -2.08. The summed E-state index contributed by atoms with van der Waals surface area (Å²) in [5, 5.41) is 5.13. The van der Waals surface area contributed by atoms with Crippen LogP contribution in [0, 0.1) is 0 Å². The second-order valence-corrected chi connectivity index (χ2v) is 7.04. The lowest BCUT2D eigenvalue weighted by atomic mass is 10.3. The van der Waals surface area contributed by atoms with Crippen LogP contribution < -0.4 is 21.4 Å². The molecule has 0 saturated carbocycles. The van der Waals surface area contributed by atoms with Crippen molar-refractivity contribution < 1.29 is 4.74 Å². The first kappa shape index (κ1) is 20.0. The van der Waals surface area contributed by atoms with Crippen molar-refractivity contribution in [2.45, 2.75) is 6.92 Å². The van der Waals surface area contributed by atoms with E-state index in [2.05, 4.69) is 15.5 Å². The molecule has 28 heavy (non-hydrogen) atoms. The minimum Gasteiger partial charge on any atom is -0.486 e. The number of nitrogens with zero attached hydrogens (tertiary/aromatic N) is 5. The largest absolute Gasteiger partial charge is 0.486 e. The third-order valence-corrected chi connectivity index (χ3v) is 4.68. The quantitative estimate of drug-likeness (QED) is 0.499. The average molecular weight is 425 g/mol. The van der Waals surface area contributed by atoms with Crippen LogP contribution in [0.25, 0.3) is 11.2 Å². The molecule has 2 aromatic heterocycles. The molecule has 9 nitrogen and oxygen atoms in total. The number of aromatic nitrogens is 4. The van der Waals surface area contributed by atoms with Gasteiger partial charge in [-0.05, 0) is 25.1 Å². The molecule has 0 atom stereocenters. The minimum absolute atomic E-state index is 0.179. The van der Waals surface area contributed by atoms with E-state index in [1.165, 1.54) is 11.6 Å². The summed E-state index contributed by atoms with van der Waals surface area (Å²) < 4.78 is 9.50. The zero-order chi connectivity index (χ0) is 20.6. The maximum atomic E-state index is 12.4. The van der Waals surface area contributed by atoms with Gasteiger partial charge in [-0.2, -0.15) is 10.1 Å². The van der Waals surface area contributed by atoms with Crippen LogP contribution in [0.3, 0.4) is 0 Å². The first-order valence-corrected chi connectivity index (χ1v) is 8.95. The fraction of sp³-hybridized carbons (Fsp3) is 0.294. The zero-order valence-electron chi connectivity index (χ0n) is 15.7. The summed E-state index contributed by atoms with van der Waals surface area (Å²) in [4.78, 5) is 28.7. The van der Waals surface area contributed by atoms with Gasteiger partial charge < -0.3 is 9.30 Å². The molecular weight excluding hydrogens is 407 g/mol. The van der Waals surface area contributed by atoms with Crippen LogP contribution in [-0.4, -0.2) is 31.0 Å². The number of benzene rings is 1. The van der Waals surface area contributed by atoms with Crippen molar-refractivity contribution in [1.29, 1.82) is 0 Å². The molecule has 3 aromatic rings. The molecule has 0 aliphatic carbocycles. The fourth-order valence-corrected chi connectivity index (χ4v) is 3.03. The standard InChI is InChI=1S/C17H18Cl2N6O3/c1-9(8-28-12-6-5-10(18)7-11(12)19)21-22-16-20-14-13(23(16)2)15(26)25(4)17(27)24(14)3/h5-7H,8H2,1-4H3,(H,20,22). The number of hydrazone groups is 1. The molecule has 0 amide bonds. The smallest absolute Gasteiger partial charge is 0.332 e. The molecule has 0 spiro atoms. The first-order chi connectivity index (χ1) is 13.2. The van der Waals surface area contributed by atoms with Crippen LogP contribution in [0.4, 0.5) is 5.95 Å². The molecule has 148 valence electrons. The van der Waals surface area contributed by atoms with Crippen molar-refractivity contribution in [2.75, 3.05) is 12.0 Å². The molecule has 0 radical (unpaired) electrons. The highest BCUT2D eigenvalue weighted by Crippen LogP contribution is 2.27. The monoisotopic (exact) mass is 424 g/mol. The fourth-order valence-electron chi connectivity index (χ4n) is 2.57. The molecule has 0 aliphatic rings. The Kier molecular flexibility index (Phi) is 5.48. The van der Waals surface area contributed by atoms with Gasteiger partial charge in [-0.3, -0.25) is 13.9 Å². The number of anilines is 1.